The summed E-state index contributed by atoms with van der Waals surface area (Å²) < 4.78 is 0. The van der Waals surface area contributed by atoms with Gasteiger partial charge in [0, 0.05) is 45.0 Å². The van der Waals surface area contributed by atoms with Crippen molar-refractivity contribution in [2.24, 2.45) is 0 Å². The zero-order valence-electron chi connectivity index (χ0n) is 9.35. The highest BCUT2D eigenvalue weighted by molar-refractivity contribution is 7.13. The van der Waals surface area contributed by atoms with Crippen molar-refractivity contribution in [2.45, 2.75) is 13.5 Å². The first-order valence-corrected chi connectivity index (χ1v) is 6.21. The number of carbonyl (C=O) groups excluding carboxylic acids is 1. The molecule has 0 aliphatic carbocycles. The molecule has 1 fully saturated rings. The summed E-state index contributed by atoms with van der Waals surface area (Å²) in [5.41, 5.74) is 6.61. The van der Waals surface area contributed by atoms with Crippen LogP contribution < -0.4 is 5.73 Å². The highest BCUT2D eigenvalue weighted by Gasteiger charge is 2.18. The Kier molecular flexibility index (Phi) is 3.40. The van der Waals surface area contributed by atoms with Gasteiger partial charge in [0.05, 0.1) is 5.69 Å². The number of nitrogens with two attached hydrogens (primary N) is 1. The number of anilines is 1. The summed E-state index contributed by atoms with van der Waals surface area (Å²) in [6.07, 6.45) is 0. The van der Waals surface area contributed by atoms with Gasteiger partial charge in [-0.05, 0) is 0 Å². The minimum absolute atomic E-state index is 0.164. The van der Waals surface area contributed by atoms with Crippen LogP contribution in [0.3, 0.4) is 0 Å². The molecule has 6 heteroatoms. The number of nitrogen functional groups attached to an aromatic ring is 1. The smallest absolute Gasteiger partial charge is 0.219 e. The van der Waals surface area contributed by atoms with Crippen LogP contribution in [0.5, 0.6) is 0 Å². The molecule has 1 aromatic heterocycles. The number of carbonyl (C=O) groups is 1. The van der Waals surface area contributed by atoms with E-state index in [0.29, 0.717) is 5.13 Å². The third kappa shape index (κ3) is 2.70. The Morgan fingerprint density at radius 2 is 2.19 bits per heavy atom. The van der Waals surface area contributed by atoms with E-state index in [0.717, 1.165) is 38.4 Å². The Hall–Kier alpha value is -1.14. The molecule has 16 heavy (non-hydrogen) atoms. The Labute approximate surface area is 98.9 Å². The van der Waals surface area contributed by atoms with Gasteiger partial charge < -0.3 is 10.6 Å². The lowest BCUT2D eigenvalue weighted by Gasteiger charge is -2.33. The van der Waals surface area contributed by atoms with Crippen molar-refractivity contribution in [2.75, 3.05) is 31.9 Å². The monoisotopic (exact) mass is 240 g/mol. The molecule has 0 spiro atoms. The van der Waals surface area contributed by atoms with E-state index >= 15 is 0 Å². The quantitative estimate of drug-likeness (QED) is 0.812. The molecule has 1 saturated heterocycles. The Balaban J connectivity index is 1.83. The number of amides is 1. The Bertz CT molecular complexity index is 371. The number of nitrogens with zero attached hydrogens (tertiary/aromatic N) is 3. The van der Waals surface area contributed by atoms with E-state index in [2.05, 4.69) is 9.88 Å². The number of piperazine rings is 1. The normalized spacial score (nSPS) is 17.7. The number of thiazole rings is 1. The first-order chi connectivity index (χ1) is 7.65. The van der Waals surface area contributed by atoms with E-state index in [1.54, 1.807) is 6.92 Å². The predicted molar refractivity (Wildman–Crippen MR) is 64.1 cm³/mol. The molecule has 5 nitrogen and oxygen atoms in total. The van der Waals surface area contributed by atoms with Gasteiger partial charge in [-0.1, -0.05) is 0 Å². The van der Waals surface area contributed by atoms with Crippen LogP contribution in [-0.4, -0.2) is 46.9 Å². The number of hydrogen-bond acceptors (Lipinski definition) is 5. The van der Waals surface area contributed by atoms with Crippen LogP contribution in [0.2, 0.25) is 0 Å². The lowest BCUT2D eigenvalue weighted by atomic mass is 10.3. The molecule has 2 heterocycles. The van der Waals surface area contributed by atoms with Crippen molar-refractivity contribution >= 4 is 22.4 Å². The van der Waals surface area contributed by atoms with Crippen LogP contribution in [-0.2, 0) is 11.3 Å². The highest BCUT2D eigenvalue weighted by Crippen LogP contribution is 2.14. The van der Waals surface area contributed by atoms with Crippen molar-refractivity contribution < 1.29 is 4.79 Å². The lowest BCUT2D eigenvalue weighted by Crippen LogP contribution is -2.47. The molecule has 0 saturated carbocycles. The van der Waals surface area contributed by atoms with Crippen LogP contribution in [0.1, 0.15) is 12.6 Å². The fourth-order valence-corrected chi connectivity index (χ4v) is 2.40. The topological polar surface area (TPSA) is 62.5 Å². The summed E-state index contributed by atoms with van der Waals surface area (Å²) in [5.74, 6) is 0.164. The second kappa shape index (κ2) is 4.80. The zero-order chi connectivity index (χ0) is 11.5. The molecule has 0 unspecified atom stereocenters. The standard InChI is InChI=1S/C10H16N4OS/c1-8(15)14-4-2-13(3-5-14)6-9-7-16-10(11)12-9/h7H,2-6H2,1H3,(H2,11,12). The highest BCUT2D eigenvalue weighted by atomic mass is 32.1. The van der Waals surface area contributed by atoms with Gasteiger partial charge in [0.1, 0.15) is 0 Å². The maximum Gasteiger partial charge on any atom is 0.219 e. The molecule has 2 N–H and O–H groups in total. The Morgan fingerprint density at radius 3 is 2.69 bits per heavy atom. The largest absolute Gasteiger partial charge is 0.375 e. The molecular formula is C10H16N4OS. The van der Waals surface area contributed by atoms with E-state index in [-0.39, 0.29) is 5.91 Å². The number of rotatable bonds is 2. The fourth-order valence-electron chi connectivity index (χ4n) is 1.85. The molecule has 0 atom stereocenters. The number of hydrogen-bond donors (Lipinski definition) is 1. The third-order valence-electron chi connectivity index (χ3n) is 2.77. The zero-order valence-corrected chi connectivity index (χ0v) is 10.2. The second-order valence-electron chi connectivity index (χ2n) is 3.96. The maximum atomic E-state index is 11.1. The van der Waals surface area contributed by atoms with Crippen LogP contribution in [0.4, 0.5) is 5.13 Å². The van der Waals surface area contributed by atoms with E-state index in [1.165, 1.54) is 11.3 Å². The van der Waals surface area contributed by atoms with Crippen LogP contribution in [0, 0.1) is 0 Å². The third-order valence-corrected chi connectivity index (χ3v) is 3.50. The van der Waals surface area contributed by atoms with Gasteiger partial charge in [-0.2, -0.15) is 0 Å². The summed E-state index contributed by atoms with van der Waals surface area (Å²) >= 11 is 1.47. The van der Waals surface area contributed by atoms with E-state index in [1.807, 2.05) is 10.3 Å². The van der Waals surface area contributed by atoms with Gasteiger partial charge in [0.2, 0.25) is 5.91 Å². The lowest BCUT2D eigenvalue weighted by molar-refractivity contribution is -0.130. The summed E-state index contributed by atoms with van der Waals surface area (Å²) in [7, 11) is 0. The van der Waals surface area contributed by atoms with E-state index in [4.69, 9.17) is 5.73 Å². The van der Waals surface area contributed by atoms with Crippen LogP contribution in [0.15, 0.2) is 5.38 Å². The van der Waals surface area contributed by atoms with Crippen LogP contribution in [0.25, 0.3) is 0 Å². The van der Waals surface area contributed by atoms with Crippen molar-refractivity contribution in [3.63, 3.8) is 0 Å². The Morgan fingerprint density at radius 1 is 1.50 bits per heavy atom. The minimum atomic E-state index is 0.164. The average Bonchev–Trinajstić information content (AvgIpc) is 2.65. The minimum Gasteiger partial charge on any atom is -0.375 e. The van der Waals surface area contributed by atoms with Gasteiger partial charge in [-0.25, -0.2) is 4.98 Å². The van der Waals surface area contributed by atoms with Crippen molar-refractivity contribution in [3.8, 4) is 0 Å². The molecular weight excluding hydrogens is 224 g/mol. The SMILES string of the molecule is CC(=O)N1CCN(Cc2csc(N)n2)CC1. The number of aromatic nitrogens is 1. The van der Waals surface area contributed by atoms with Gasteiger partial charge in [0.25, 0.3) is 0 Å². The maximum absolute atomic E-state index is 11.1. The van der Waals surface area contributed by atoms with Gasteiger partial charge >= 0.3 is 0 Å². The first kappa shape index (κ1) is 11.3. The predicted octanol–water partition coefficient (Wildman–Crippen LogP) is 0.389. The van der Waals surface area contributed by atoms with Crippen LogP contribution >= 0.6 is 11.3 Å². The molecule has 1 aromatic rings. The van der Waals surface area contributed by atoms with E-state index in [9.17, 15) is 4.79 Å². The van der Waals surface area contributed by atoms with Gasteiger partial charge in [0.15, 0.2) is 5.13 Å². The molecule has 88 valence electrons. The molecule has 1 aliphatic rings. The fraction of sp³-hybridized carbons (Fsp3) is 0.600. The molecule has 2 rings (SSSR count). The first-order valence-electron chi connectivity index (χ1n) is 5.33. The average molecular weight is 240 g/mol. The molecule has 0 radical (unpaired) electrons. The summed E-state index contributed by atoms with van der Waals surface area (Å²) in [4.78, 5) is 19.6. The van der Waals surface area contributed by atoms with Crippen molar-refractivity contribution in [3.05, 3.63) is 11.1 Å². The molecule has 1 aliphatic heterocycles. The molecule has 1 amide bonds. The molecule has 0 bridgehead atoms. The summed E-state index contributed by atoms with van der Waals surface area (Å²) in [6.45, 7) is 5.91. The van der Waals surface area contributed by atoms with E-state index < -0.39 is 0 Å². The summed E-state index contributed by atoms with van der Waals surface area (Å²) in [6, 6.07) is 0. The van der Waals surface area contributed by atoms with Gasteiger partial charge in [-0.3, -0.25) is 9.69 Å². The summed E-state index contributed by atoms with van der Waals surface area (Å²) in [5, 5.41) is 2.62. The van der Waals surface area contributed by atoms with Gasteiger partial charge in [-0.15, -0.1) is 11.3 Å². The second-order valence-corrected chi connectivity index (χ2v) is 4.85. The molecule has 0 aromatic carbocycles. The van der Waals surface area contributed by atoms with Crippen molar-refractivity contribution in [1.29, 1.82) is 0 Å². The van der Waals surface area contributed by atoms with Crippen molar-refractivity contribution in [1.82, 2.24) is 14.8 Å².